The molecule has 0 aliphatic heterocycles. The van der Waals surface area contributed by atoms with Crippen molar-refractivity contribution in [2.75, 3.05) is 20.8 Å². The summed E-state index contributed by atoms with van der Waals surface area (Å²) in [5.41, 5.74) is 2.95. The largest absolute Gasteiger partial charge is 0.493 e. The van der Waals surface area contributed by atoms with Gasteiger partial charge in [0.05, 0.1) is 25.5 Å². The van der Waals surface area contributed by atoms with E-state index < -0.39 is 0 Å². The van der Waals surface area contributed by atoms with Crippen molar-refractivity contribution < 1.29 is 19.0 Å². The first-order chi connectivity index (χ1) is 11.6. The quantitative estimate of drug-likeness (QED) is 0.617. The molecule has 2 aromatic carbocycles. The minimum absolute atomic E-state index is 0.138. The standard InChI is InChI=1S/C17H17ClN2O4/c1-22-15-8-12(14(18)9-16(15)23-2)10-19-20-17(21)11-24-13-6-4-3-5-7-13/h3-10H,11H2,1-2H3,(H,20,21)/b19-10+. The van der Waals surface area contributed by atoms with Crippen molar-refractivity contribution in [2.45, 2.75) is 0 Å². The summed E-state index contributed by atoms with van der Waals surface area (Å²) in [6, 6.07) is 12.3. The van der Waals surface area contributed by atoms with Crippen molar-refractivity contribution in [3.05, 3.63) is 53.1 Å². The van der Waals surface area contributed by atoms with E-state index in [-0.39, 0.29) is 12.5 Å². The van der Waals surface area contributed by atoms with Gasteiger partial charge in [-0.15, -0.1) is 0 Å². The lowest BCUT2D eigenvalue weighted by atomic mass is 10.2. The Morgan fingerprint density at radius 3 is 2.50 bits per heavy atom. The number of hydrogen-bond donors (Lipinski definition) is 1. The fourth-order valence-corrected chi connectivity index (χ4v) is 2.04. The van der Waals surface area contributed by atoms with Gasteiger partial charge in [-0.3, -0.25) is 4.79 Å². The second kappa shape index (κ2) is 8.79. The molecule has 0 saturated heterocycles. The third kappa shape index (κ3) is 4.89. The number of benzene rings is 2. The Hall–Kier alpha value is -2.73. The highest BCUT2D eigenvalue weighted by Gasteiger charge is 2.08. The number of amides is 1. The smallest absolute Gasteiger partial charge is 0.277 e. The first kappa shape index (κ1) is 17.6. The van der Waals surface area contributed by atoms with Crippen molar-refractivity contribution in [3.63, 3.8) is 0 Å². The van der Waals surface area contributed by atoms with Crippen LogP contribution in [-0.4, -0.2) is 32.9 Å². The molecule has 0 fully saturated rings. The molecule has 0 aromatic heterocycles. The highest BCUT2D eigenvalue weighted by molar-refractivity contribution is 6.33. The zero-order chi connectivity index (χ0) is 17.4. The molecule has 0 bridgehead atoms. The van der Waals surface area contributed by atoms with Gasteiger partial charge in [0.15, 0.2) is 18.1 Å². The van der Waals surface area contributed by atoms with Crippen LogP contribution in [0.4, 0.5) is 0 Å². The van der Waals surface area contributed by atoms with Crippen LogP contribution in [0.15, 0.2) is 47.6 Å². The number of ether oxygens (including phenoxy) is 3. The van der Waals surface area contributed by atoms with E-state index >= 15 is 0 Å². The summed E-state index contributed by atoms with van der Waals surface area (Å²) in [7, 11) is 3.05. The molecule has 0 heterocycles. The molecule has 0 saturated carbocycles. The molecule has 0 spiro atoms. The van der Waals surface area contributed by atoms with Crippen LogP contribution in [0.3, 0.4) is 0 Å². The number of halogens is 1. The third-order valence-electron chi connectivity index (χ3n) is 3.01. The van der Waals surface area contributed by atoms with Crippen LogP contribution in [0.5, 0.6) is 17.2 Å². The zero-order valence-electron chi connectivity index (χ0n) is 13.3. The first-order valence-corrected chi connectivity index (χ1v) is 7.43. The van der Waals surface area contributed by atoms with Gasteiger partial charge in [-0.05, 0) is 18.2 Å². The summed E-state index contributed by atoms with van der Waals surface area (Å²) in [6.07, 6.45) is 1.42. The van der Waals surface area contributed by atoms with E-state index in [1.54, 1.807) is 24.3 Å². The lowest BCUT2D eigenvalue weighted by molar-refractivity contribution is -0.123. The summed E-state index contributed by atoms with van der Waals surface area (Å²) >= 11 is 6.13. The highest BCUT2D eigenvalue weighted by atomic mass is 35.5. The van der Waals surface area contributed by atoms with Gasteiger partial charge in [0, 0.05) is 11.6 Å². The lowest BCUT2D eigenvalue weighted by Gasteiger charge is -2.09. The fourth-order valence-electron chi connectivity index (χ4n) is 1.84. The molecule has 6 nitrogen and oxygen atoms in total. The van der Waals surface area contributed by atoms with Crippen LogP contribution >= 0.6 is 11.6 Å². The average Bonchev–Trinajstić information content (AvgIpc) is 2.61. The number of carbonyl (C=O) groups excluding carboxylic acids is 1. The molecule has 1 amide bonds. The van der Waals surface area contributed by atoms with Gasteiger partial charge < -0.3 is 14.2 Å². The zero-order valence-corrected chi connectivity index (χ0v) is 14.0. The van der Waals surface area contributed by atoms with E-state index in [2.05, 4.69) is 10.5 Å². The molecule has 0 radical (unpaired) electrons. The van der Waals surface area contributed by atoms with Gasteiger partial charge in [-0.2, -0.15) is 5.10 Å². The predicted octanol–water partition coefficient (Wildman–Crippen LogP) is 2.89. The van der Waals surface area contributed by atoms with Crippen LogP contribution in [0.1, 0.15) is 5.56 Å². The maximum Gasteiger partial charge on any atom is 0.277 e. The van der Waals surface area contributed by atoms with Crippen molar-refractivity contribution in [1.29, 1.82) is 0 Å². The van der Waals surface area contributed by atoms with Gasteiger partial charge >= 0.3 is 0 Å². The number of nitrogens with zero attached hydrogens (tertiary/aromatic N) is 1. The van der Waals surface area contributed by atoms with Gasteiger partial charge in [-0.25, -0.2) is 5.43 Å². The number of rotatable bonds is 7. The molecule has 7 heteroatoms. The van der Waals surface area contributed by atoms with Gasteiger partial charge in [0.1, 0.15) is 5.75 Å². The normalized spacial score (nSPS) is 10.5. The number of hydrogen-bond acceptors (Lipinski definition) is 5. The number of hydrazone groups is 1. The summed E-state index contributed by atoms with van der Waals surface area (Å²) < 4.78 is 15.7. The number of methoxy groups -OCH3 is 2. The molecule has 1 N–H and O–H groups in total. The third-order valence-corrected chi connectivity index (χ3v) is 3.34. The molecule has 0 atom stereocenters. The van der Waals surface area contributed by atoms with Crippen molar-refractivity contribution >= 4 is 23.7 Å². The fraction of sp³-hybridized carbons (Fsp3) is 0.176. The minimum atomic E-state index is -0.383. The van der Waals surface area contributed by atoms with Crippen LogP contribution in [0.25, 0.3) is 0 Å². The van der Waals surface area contributed by atoms with E-state index in [1.165, 1.54) is 20.4 Å². The van der Waals surface area contributed by atoms with Crippen molar-refractivity contribution in [2.24, 2.45) is 5.10 Å². The molecule has 2 rings (SSSR count). The van der Waals surface area contributed by atoms with Crippen LogP contribution < -0.4 is 19.6 Å². The first-order valence-electron chi connectivity index (χ1n) is 7.05. The molecule has 0 aliphatic rings. The Morgan fingerprint density at radius 2 is 1.83 bits per heavy atom. The maximum absolute atomic E-state index is 11.7. The maximum atomic E-state index is 11.7. The van der Waals surface area contributed by atoms with Gasteiger partial charge in [0.25, 0.3) is 5.91 Å². The summed E-state index contributed by atoms with van der Waals surface area (Å²) in [4.78, 5) is 11.7. The molecular formula is C17H17ClN2O4. The van der Waals surface area contributed by atoms with Gasteiger partial charge in [-0.1, -0.05) is 29.8 Å². The Balaban J connectivity index is 1.92. The number of carbonyl (C=O) groups is 1. The van der Waals surface area contributed by atoms with E-state index in [0.29, 0.717) is 27.8 Å². The highest BCUT2D eigenvalue weighted by Crippen LogP contribution is 2.32. The van der Waals surface area contributed by atoms with Crippen molar-refractivity contribution in [1.82, 2.24) is 5.43 Å². The second-order valence-electron chi connectivity index (χ2n) is 4.62. The van der Waals surface area contributed by atoms with E-state index in [0.717, 1.165) is 0 Å². The predicted molar refractivity (Wildman–Crippen MR) is 92.2 cm³/mol. The summed E-state index contributed by atoms with van der Waals surface area (Å²) in [6.45, 7) is -0.138. The number of para-hydroxylation sites is 1. The molecule has 2 aromatic rings. The number of nitrogens with one attached hydrogen (secondary N) is 1. The molecule has 0 aliphatic carbocycles. The second-order valence-corrected chi connectivity index (χ2v) is 5.03. The van der Waals surface area contributed by atoms with Crippen LogP contribution in [0, 0.1) is 0 Å². The Kier molecular flexibility index (Phi) is 6.45. The Bertz CT molecular complexity index is 720. The van der Waals surface area contributed by atoms with E-state index in [9.17, 15) is 4.79 Å². The van der Waals surface area contributed by atoms with Crippen LogP contribution in [-0.2, 0) is 4.79 Å². The van der Waals surface area contributed by atoms with Gasteiger partial charge in [0.2, 0.25) is 0 Å². The monoisotopic (exact) mass is 348 g/mol. The average molecular weight is 349 g/mol. The van der Waals surface area contributed by atoms with Crippen LogP contribution in [0.2, 0.25) is 5.02 Å². The molecule has 126 valence electrons. The SMILES string of the molecule is COc1cc(Cl)c(/C=N/NC(=O)COc2ccccc2)cc1OC. The summed E-state index contributed by atoms with van der Waals surface area (Å²) in [5, 5.41) is 4.28. The lowest BCUT2D eigenvalue weighted by Crippen LogP contribution is -2.24. The molecular weight excluding hydrogens is 332 g/mol. The minimum Gasteiger partial charge on any atom is -0.493 e. The van der Waals surface area contributed by atoms with E-state index in [4.69, 9.17) is 25.8 Å². The van der Waals surface area contributed by atoms with Crippen molar-refractivity contribution in [3.8, 4) is 17.2 Å². The van der Waals surface area contributed by atoms with E-state index in [1.807, 2.05) is 18.2 Å². The Morgan fingerprint density at radius 1 is 1.17 bits per heavy atom. The Labute approximate surface area is 145 Å². The summed E-state index contributed by atoms with van der Waals surface area (Å²) in [5.74, 6) is 1.26. The topological polar surface area (TPSA) is 69.2 Å². The molecule has 0 unspecified atom stereocenters. The molecule has 24 heavy (non-hydrogen) atoms.